The van der Waals surface area contributed by atoms with Gasteiger partial charge in [0.05, 0.1) is 6.61 Å². The Morgan fingerprint density at radius 1 is 0.500 bits per heavy atom. The molecule has 204 valence electrons. The Morgan fingerprint density at radius 2 is 0.882 bits per heavy atom. The van der Waals surface area contributed by atoms with Gasteiger partial charge in [0, 0.05) is 6.42 Å². The molecule has 0 saturated heterocycles. The van der Waals surface area contributed by atoms with Crippen LogP contribution >= 0.6 is 0 Å². The Bertz CT molecular complexity index is 392. The lowest BCUT2D eigenvalue weighted by Crippen LogP contribution is -2.05. The molecule has 0 aliphatic rings. The molecule has 1 atom stereocenters. The van der Waals surface area contributed by atoms with Crippen molar-refractivity contribution in [3.63, 3.8) is 0 Å². The van der Waals surface area contributed by atoms with Crippen molar-refractivity contribution in [2.75, 3.05) is 6.61 Å². The monoisotopic (exact) mass is 480 g/mol. The standard InChI is InChI=1S/C32H64O2/c1-4-7-9-10-11-12-13-14-15-16-17-21-25-29-32(33)34-30-26-22-19-18-20-24-28-31(6-3)27-23-8-5-2/h31H,4-30H2,1-3H3. The van der Waals surface area contributed by atoms with Crippen molar-refractivity contribution in [1.82, 2.24) is 0 Å². The van der Waals surface area contributed by atoms with Crippen LogP contribution in [0.15, 0.2) is 0 Å². The number of hydrogen-bond acceptors (Lipinski definition) is 2. The lowest BCUT2D eigenvalue weighted by atomic mass is 9.92. The van der Waals surface area contributed by atoms with Crippen LogP contribution in [0.4, 0.5) is 0 Å². The molecule has 0 fully saturated rings. The Morgan fingerprint density at radius 3 is 1.38 bits per heavy atom. The molecule has 0 heterocycles. The predicted molar refractivity (Wildman–Crippen MR) is 152 cm³/mol. The topological polar surface area (TPSA) is 26.3 Å². The number of ether oxygens (including phenoxy) is 1. The average molecular weight is 481 g/mol. The third-order valence-electron chi connectivity index (χ3n) is 7.55. The van der Waals surface area contributed by atoms with E-state index < -0.39 is 0 Å². The molecule has 0 aromatic heterocycles. The number of hydrogen-bond donors (Lipinski definition) is 0. The number of rotatable bonds is 28. The molecule has 34 heavy (non-hydrogen) atoms. The summed E-state index contributed by atoms with van der Waals surface area (Å²) < 4.78 is 5.43. The van der Waals surface area contributed by atoms with Crippen LogP contribution < -0.4 is 0 Å². The van der Waals surface area contributed by atoms with Crippen molar-refractivity contribution in [3.8, 4) is 0 Å². The van der Waals surface area contributed by atoms with Crippen LogP contribution in [0.1, 0.15) is 188 Å². The zero-order chi connectivity index (χ0) is 25.0. The second kappa shape index (κ2) is 28.7. The number of unbranched alkanes of at least 4 members (excludes halogenated alkanes) is 19. The predicted octanol–water partition coefficient (Wildman–Crippen LogP) is 11.3. The SMILES string of the molecule is CCCCCCCCCCCCCCCC(=O)OCCCCCCCCC(CC)CCCCC. The van der Waals surface area contributed by atoms with E-state index in [1.165, 1.54) is 148 Å². The van der Waals surface area contributed by atoms with Crippen molar-refractivity contribution in [2.24, 2.45) is 5.92 Å². The highest BCUT2D eigenvalue weighted by atomic mass is 16.5. The van der Waals surface area contributed by atoms with E-state index in [0.717, 1.165) is 18.8 Å². The Balaban J connectivity index is 3.27. The van der Waals surface area contributed by atoms with Crippen LogP contribution in [0, 0.1) is 5.92 Å². The first-order valence-corrected chi connectivity index (χ1v) is 15.9. The smallest absolute Gasteiger partial charge is 0.305 e. The lowest BCUT2D eigenvalue weighted by Gasteiger charge is -2.14. The van der Waals surface area contributed by atoms with Gasteiger partial charge in [-0.05, 0) is 18.8 Å². The molecule has 0 saturated carbocycles. The summed E-state index contributed by atoms with van der Waals surface area (Å²) >= 11 is 0. The molecule has 0 aliphatic heterocycles. The number of carbonyl (C=O) groups is 1. The van der Waals surface area contributed by atoms with Gasteiger partial charge in [0.1, 0.15) is 0 Å². The summed E-state index contributed by atoms with van der Waals surface area (Å²) in [5, 5.41) is 0. The summed E-state index contributed by atoms with van der Waals surface area (Å²) in [7, 11) is 0. The van der Waals surface area contributed by atoms with Crippen LogP contribution in [-0.2, 0) is 9.53 Å². The largest absolute Gasteiger partial charge is 0.466 e. The van der Waals surface area contributed by atoms with Gasteiger partial charge in [-0.2, -0.15) is 0 Å². The van der Waals surface area contributed by atoms with Gasteiger partial charge in [0.15, 0.2) is 0 Å². The lowest BCUT2D eigenvalue weighted by molar-refractivity contribution is -0.143. The van der Waals surface area contributed by atoms with E-state index in [1.807, 2.05) is 0 Å². The van der Waals surface area contributed by atoms with Crippen molar-refractivity contribution in [1.29, 1.82) is 0 Å². The molecular weight excluding hydrogens is 416 g/mol. The zero-order valence-electron chi connectivity index (χ0n) is 24.0. The van der Waals surface area contributed by atoms with Gasteiger partial charge in [-0.3, -0.25) is 4.79 Å². The van der Waals surface area contributed by atoms with Crippen LogP contribution in [0.3, 0.4) is 0 Å². The number of carbonyl (C=O) groups excluding carboxylic acids is 1. The van der Waals surface area contributed by atoms with Gasteiger partial charge in [0.25, 0.3) is 0 Å². The summed E-state index contributed by atoms with van der Waals surface area (Å²) in [5.41, 5.74) is 0. The van der Waals surface area contributed by atoms with Crippen LogP contribution in [0.2, 0.25) is 0 Å². The second-order valence-electron chi connectivity index (χ2n) is 10.9. The third-order valence-corrected chi connectivity index (χ3v) is 7.55. The third kappa shape index (κ3) is 26.1. The minimum atomic E-state index is 0.0248. The Hall–Kier alpha value is -0.530. The van der Waals surface area contributed by atoms with Gasteiger partial charge in [-0.25, -0.2) is 0 Å². The van der Waals surface area contributed by atoms with E-state index in [0.29, 0.717) is 13.0 Å². The zero-order valence-corrected chi connectivity index (χ0v) is 24.0. The van der Waals surface area contributed by atoms with Crippen molar-refractivity contribution in [2.45, 2.75) is 188 Å². The minimum Gasteiger partial charge on any atom is -0.466 e. The maximum Gasteiger partial charge on any atom is 0.305 e. The molecule has 0 spiro atoms. The Labute approximate surface area is 215 Å². The average Bonchev–Trinajstić information content (AvgIpc) is 2.84. The molecule has 0 amide bonds. The summed E-state index contributed by atoms with van der Waals surface area (Å²) in [4.78, 5) is 11.9. The van der Waals surface area contributed by atoms with E-state index >= 15 is 0 Å². The summed E-state index contributed by atoms with van der Waals surface area (Å²) in [6.07, 6.45) is 34.1. The van der Waals surface area contributed by atoms with E-state index in [9.17, 15) is 4.79 Å². The van der Waals surface area contributed by atoms with E-state index in [2.05, 4.69) is 20.8 Å². The van der Waals surface area contributed by atoms with E-state index in [-0.39, 0.29) is 5.97 Å². The molecular formula is C32H64O2. The normalized spacial score (nSPS) is 12.2. The molecule has 0 N–H and O–H groups in total. The van der Waals surface area contributed by atoms with Crippen molar-refractivity contribution >= 4 is 5.97 Å². The van der Waals surface area contributed by atoms with Crippen LogP contribution in [0.5, 0.6) is 0 Å². The quantitative estimate of drug-likeness (QED) is 0.0821. The van der Waals surface area contributed by atoms with Crippen molar-refractivity contribution in [3.05, 3.63) is 0 Å². The van der Waals surface area contributed by atoms with Gasteiger partial charge in [-0.1, -0.05) is 168 Å². The fourth-order valence-corrected chi connectivity index (χ4v) is 5.02. The van der Waals surface area contributed by atoms with Crippen LogP contribution in [-0.4, -0.2) is 12.6 Å². The van der Waals surface area contributed by atoms with E-state index in [1.54, 1.807) is 0 Å². The molecule has 0 bridgehead atoms. The van der Waals surface area contributed by atoms with Gasteiger partial charge in [0.2, 0.25) is 0 Å². The summed E-state index contributed by atoms with van der Waals surface area (Å²) in [6, 6.07) is 0. The first-order valence-electron chi connectivity index (χ1n) is 15.9. The fraction of sp³-hybridized carbons (Fsp3) is 0.969. The van der Waals surface area contributed by atoms with Gasteiger partial charge < -0.3 is 4.74 Å². The highest BCUT2D eigenvalue weighted by molar-refractivity contribution is 5.69. The molecule has 0 rings (SSSR count). The van der Waals surface area contributed by atoms with Gasteiger partial charge in [-0.15, -0.1) is 0 Å². The molecule has 0 aromatic carbocycles. The minimum absolute atomic E-state index is 0.0248. The molecule has 1 unspecified atom stereocenters. The van der Waals surface area contributed by atoms with E-state index in [4.69, 9.17) is 4.74 Å². The second-order valence-corrected chi connectivity index (χ2v) is 10.9. The Kier molecular flexibility index (Phi) is 28.3. The molecule has 0 aliphatic carbocycles. The maximum atomic E-state index is 11.9. The first-order chi connectivity index (χ1) is 16.7. The number of esters is 1. The molecule has 2 heteroatoms. The first kappa shape index (κ1) is 33.5. The fourth-order valence-electron chi connectivity index (χ4n) is 5.02. The highest BCUT2D eigenvalue weighted by Crippen LogP contribution is 2.21. The van der Waals surface area contributed by atoms with Crippen molar-refractivity contribution < 1.29 is 9.53 Å². The highest BCUT2D eigenvalue weighted by Gasteiger charge is 2.06. The maximum absolute atomic E-state index is 11.9. The van der Waals surface area contributed by atoms with Crippen LogP contribution in [0.25, 0.3) is 0 Å². The molecule has 0 aromatic rings. The summed E-state index contributed by atoms with van der Waals surface area (Å²) in [6.45, 7) is 7.57. The van der Waals surface area contributed by atoms with Gasteiger partial charge >= 0.3 is 5.97 Å². The molecule has 0 radical (unpaired) electrons. The summed E-state index contributed by atoms with van der Waals surface area (Å²) in [5.74, 6) is 0.984. The molecule has 2 nitrogen and oxygen atoms in total.